The van der Waals surface area contributed by atoms with E-state index in [1.54, 1.807) is 0 Å². The molecule has 186 valence electrons. The Morgan fingerprint density at radius 1 is 1.09 bits per heavy atom. The molecule has 0 aromatic heterocycles. The third kappa shape index (κ3) is 6.96. The van der Waals surface area contributed by atoms with Crippen molar-refractivity contribution in [2.24, 2.45) is 5.92 Å². The second-order valence-electron chi connectivity index (χ2n) is 8.36. The average Bonchev–Trinajstić information content (AvgIpc) is 2.80. The Bertz CT molecular complexity index is 1080. The van der Waals surface area contributed by atoms with E-state index < -0.39 is 10.0 Å². The van der Waals surface area contributed by atoms with E-state index in [-0.39, 0.29) is 23.6 Å². The van der Waals surface area contributed by atoms with Gasteiger partial charge in [0.05, 0.1) is 25.0 Å². The highest BCUT2D eigenvalue weighted by Gasteiger charge is 2.31. The minimum Gasteiger partial charge on any atom is -0.490 e. The second-order valence-corrected chi connectivity index (χ2v) is 11.2. The van der Waals surface area contributed by atoms with Crippen molar-refractivity contribution in [2.75, 3.05) is 26.3 Å². The molecule has 1 N–H and O–H groups in total. The number of carbonyl (C=O) groups is 1. The number of nitrogens with one attached hydrogen (secondary N) is 1. The fourth-order valence-corrected chi connectivity index (χ4v) is 6.07. The summed E-state index contributed by atoms with van der Waals surface area (Å²) in [7, 11) is -3.43. The molecule has 7 nitrogen and oxygen atoms in total. The first-order valence-corrected chi connectivity index (χ1v) is 14.1. The lowest BCUT2D eigenvalue weighted by Crippen LogP contribution is -2.43. The number of rotatable bonds is 10. The molecular weight excluding hydrogens is 520 g/mol. The van der Waals surface area contributed by atoms with Crippen LogP contribution in [0.2, 0.25) is 0 Å². The maximum Gasteiger partial charge on any atom is 0.223 e. The largest absolute Gasteiger partial charge is 0.490 e. The van der Waals surface area contributed by atoms with Gasteiger partial charge in [-0.2, -0.15) is 0 Å². The molecule has 1 amide bonds. The molecule has 0 radical (unpaired) electrons. The maximum absolute atomic E-state index is 12.9. The van der Waals surface area contributed by atoms with Crippen molar-refractivity contribution in [1.29, 1.82) is 0 Å². The highest BCUT2D eigenvalue weighted by molar-refractivity contribution is 9.10. The van der Waals surface area contributed by atoms with Crippen molar-refractivity contribution in [2.45, 2.75) is 45.4 Å². The third-order valence-corrected chi connectivity index (χ3v) is 8.23. The van der Waals surface area contributed by atoms with E-state index in [0.717, 1.165) is 15.6 Å². The summed E-state index contributed by atoms with van der Waals surface area (Å²) in [6, 6.07) is 12.8. The fraction of sp³-hybridized carbons (Fsp3) is 0.480. The molecule has 1 fully saturated rings. The molecule has 1 unspecified atom stereocenters. The Morgan fingerprint density at radius 2 is 1.76 bits per heavy atom. The van der Waals surface area contributed by atoms with Gasteiger partial charge in [0.25, 0.3) is 0 Å². The molecule has 34 heavy (non-hydrogen) atoms. The molecule has 1 atom stereocenters. The minimum absolute atomic E-state index is 0.0414. The number of ether oxygens (including phenoxy) is 2. The number of nitrogens with zero attached hydrogens (tertiary/aromatic N) is 1. The third-order valence-electron chi connectivity index (χ3n) is 5.88. The number of amides is 1. The fourth-order valence-electron chi connectivity index (χ4n) is 4.08. The molecule has 9 heteroatoms. The summed E-state index contributed by atoms with van der Waals surface area (Å²) in [5.41, 5.74) is 1.67. The lowest BCUT2D eigenvalue weighted by molar-refractivity contribution is -0.126. The smallest absolute Gasteiger partial charge is 0.223 e. The number of hydrogen-bond donors (Lipinski definition) is 1. The predicted octanol–water partition coefficient (Wildman–Crippen LogP) is 4.67. The molecule has 1 saturated heterocycles. The van der Waals surface area contributed by atoms with Gasteiger partial charge in [-0.3, -0.25) is 4.79 Å². The van der Waals surface area contributed by atoms with Gasteiger partial charge in [-0.15, -0.1) is 0 Å². The lowest BCUT2D eigenvalue weighted by atomic mass is 9.96. The summed E-state index contributed by atoms with van der Waals surface area (Å²) < 4.78 is 39.4. The van der Waals surface area contributed by atoms with Crippen LogP contribution in [-0.4, -0.2) is 44.9 Å². The van der Waals surface area contributed by atoms with Gasteiger partial charge in [-0.25, -0.2) is 12.7 Å². The van der Waals surface area contributed by atoms with Crippen molar-refractivity contribution >= 4 is 31.9 Å². The minimum atomic E-state index is -3.43. The Kier molecular flexibility index (Phi) is 9.39. The molecule has 1 aliphatic heterocycles. The number of carbonyl (C=O) groups excluding carboxylic acids is 1. The Balaban J connectivity index is 1.56. The van der Waals surface area contributed by atoms with Crippen LogP contribution in [0.4, 0.5) is 0 Å². The number of halogens is 1. The standard InChI is InChI=1S/C25H33BrN2O5S/c1-4-32-23-10-9-21(16-24(23)33-5-2)18(3)27-25(29)20-11-13-28(14-12-20)34(30,31)17-19-7-6-8-22(26)15-19/h6-10,15-16,18,20H,4-5,11-14,17H2,1-3H3,(H,27,29). The molecule has 2 aromatic carbocycles. The Hall–Kier alpha value is -2.10. The number of sulfonamides is 1. The first kappa shape index (κ1) is 26.5. The van der Waals surface area contributed by atoms with Crippen molar-refractivity contribution in [3.8, 4) is 11.5 Å². The molecule has 3 rings (SSSR count). The van der Waals surface area contributed by atoms with Crippen molar-refractivity contribution in [3.63, 3.8) is 0 Å². The molecule has 0 saturated carbocycles. The summed E-state index contributed by atoms with van der Waals surface area (Å²) in [6.45, 7) is 7.53. The lowest BCUT2D eigenvalue weighted by Gasteiger charge is -2.31. The number of hydrogen-bond acceptors (Lipinski definition) is 5. The highest BCUT2D eigenvalue weighted by Crippen LogP contribution is 2.31. The average molecular weight is 554 g/mol. The van der Waals surface area contributed by atoms with E-state index in [2.05, 4.69) is 21.2 Å². The van der Waals surface area contributed by atoms with Gasteiger partial charge < -0.3 is 14.8 Å². The van der Waals surface area contributed by atoms with Gasteiger partial charge in [0.1, 0.15) is 0 Å². The van der Waals surface area contributed by atoms with E-state index in [0.29, 0.717) is 50.6 Å². The summed E-state index contributed by atoms with van der Waals surface area (Å²) in [4.78, 5) is 12.9. The Labute approximate surface area is 211 Å². The summed E-state index contributed by atoms with van der Waals surface area (Å²) in [6.07, 6.45) is 1.01. The topological polar surface area (TPSA) is 84.9 Å². The normalized spacial score (nSPS) is 16.1. The van der Waals surface area contributed by atoms with E-state index in [4.69, 9.17) is 9.47 Å². The van der Waals surface area contributed by atoms with Crippen LogP contribution in [0.3, 0.4) is 0 Å². The highest BCUT2D eigenvalue weighted by atomic mass is 79.9. The Morgan fingerprint density at radius 3 is 2.41 bits per heavy atom. The number of piperidine rings is 1. The van der Waals surface area contributed by atoms with Gasteiger partial charge in [-0.1, -0.05) is 34.1 Å². The van der Waals surface area contributed by atoms with Crippen LogP contribution >= 0.6 is 15.9 Å². The molecule has 0 aliphatic carbocycles. The summed E-state index contributed by atoms with van der Waals surface area (Å²) in [5.74, 6) is 1.03. The molecule has 1 aliphatic rings. The van der Waals surface area contributed by atoms with Crippen LogP contribution in [0.5, 0.6) is 11.5 Å². The van der Waals surface area contributed by atoms with Crippen LogP contribution in [0.25, 0.3) is 0 Å². The molecule has 2 aromatic rings. The summed E-state index contributed by atoms with van der Waals surface area (Å²) in [5, 5.41) is 3.08. The van der Waals surface area contributed by atoms with Gasteiger partial charge in [-0.05, 0) is 69.0 Å². The molecule has 0 bridgehead atoms. The monoisotopic (exact) mass is 552 g/mol. The van der Waals surface area contributed by atoms with Crippen molar-refractivity contribution < 1.29 is 22.7 Å². The van der Waals surface area contributed by atoms with Crippen molar-refractivity contribution in [3.05, 3.63) is 58.1 Å². The first-order chi connectivity index (χ1) is 16.2. The molecule has 0 spiro atoms. The van der Waals surface area contributed by atoms with Crippen LogP contribution in [-0.2, 0) is 20.6 Å². The van der Waals surface area contributed by atoms with Gasteiger partial charge in [0.15, 0.2) is 11.5 Å². The van der Waals surface area contributed by atoms with Crippen LogP contribution < -0.4 is 14.8 Å². The van der Waals surface area contributed by atoms with E-state index in [9.17, 15) is 13.2 Å². The van der Waals surface area contributed by atoms with Crippen LogP contribution in [0.1, 0.15) is 50.8 Å². The van der Waals surface area contributed by atoms with Gasteiger partial charge in [0.2, 0.25) is 15.9 Å². The van der Waals surface area contributed by atoms with Crippen LogP contribution in [0.15, 0.2) is 46.9 Å². The SMILES string of the molecule is CCOc1ccc(C(C)NC(=O)C2CCN(S(=O)(=O)Cc3cccc(Br)c3)CC2)cc1OCC. The number of benzene rings is 2. The van der Waals surface area contributed by atoms with Gasteiger partial charge >= 0.3 is 0 Å². The zero-order valence-corrected chi connectivity index (χ0v) is 22.3. The first-order valence-electron chi connectivity index (χ1n) is 11.7. The van der Waals surface area contributed by atoms with Crippen molar-refractivity contribution in [1.82, 2.24) is 9.62 Å². The zero-order chi connectivity index (χ0) is 24.7. The zero-order valence-electron chi connectivity index (χ0n) is 19.9. The maximum atomic E-state index is 12.9. The molecular formula is C25H33BrN2O5S. The second kappa shape index (κ2) is 12.0. The predicted molar refractivity (Wildman–Crippen MR) is 136 cm³/mol. The molecule has 1 heterocycles. The van der Waals surface area contributed by atoms with E-state index >= 15 is 0 Å². The van der Waals surface area contributed by atoms with E-state index in [1.165, 1.54) is 4.31 Å². The van der Waals surface area contributed by atoms with Crippen LogP contribution in [0, 0.1) is 5.92 Å². The summed E-state index contributed by atoms with van der Waals surface area (Å²) >= 11 is 3.38. The quantitative estimate of drug-likeness (QED) is 0.463. The van der Waals surface area contributed by atoms with E-state index in [1.807, 2.05) is 63.2 Å². The van der Waals surface area contributed by atoms with Gasteiger partial charge in [0, 0.05) is 23.5 Å².